The van der Waals surface area contributed by atoms with Crippen LogP contribution in [0.15, 0.2) is 45.5 Å². The largest absolute Gasteiger partial charge is 0.482 e. The van der Waals surface area contributed by atoms with Crippen molar-refractivity contribution in [2.24, 2.45) is 15.2 Å². The molecule has 0 aliphatic carbocycles. The van der Waals surface area contributed by atoms with Crippen molar-refractivity contribution >= 4 is 55.8 Å². The third-order valence-corrected chi connectivity index (χ3v) is 7.17. The zero-order chi connectivity index (χ0) is 21.0. The van der Waals surface area contributed by atoms with Crippen LogP contribution in [0.2, 0.25) is 5.02 Å². The van der Waals surface area contributed by atoms with E-state index in [-0.39, 0.29) is 6.10 Å². The molecule has 3 heterocycles. The van der Waals surface area contributed by atoms with Crippen molar-refractivity contribution in [3.63, 3.8) is 0 Å². The lowest BCUT2D eigenvalue weighted by molar-refractivity contribution is 0.282. The predicted molar refractivity (Wildman–Crippen MR) is 128 cm³/mol. The lowest BCUT2D eigenvalue weighted by atomic mass is 9.94. The SMILES string of the molecule is CCc1c(C2=NN=C(C)Cc3cc4c(cc32)OC(C)C(C)=N4)sc2ccc(Cl)cc12. The molecule has 0 radical (unpaired) electrons. The molecule has 0 fully saturated rings. The van der Waals surface area contributed by atoms with Gasteiger partial charge in [-0.25, -0.2) is 0 Å². The van der Waals surface area contributed by atoms with Gasteiger partial charge < -0.3 is 4.74 Å². The molecule has 3 aromatic rings. The van der Waals surface area contributed by atoms with Crippen LogP contribution in [0.3, 0.4) is 0 Å². The van der Waals surface area contributed by atoms with Crippen molar-refractivity contribution in [1.82, 2.24) is 0 Å². The van der Waals surface area contributed by atoms with Crippen LogP contribution >= 0.6 is 22.9 Å². The molecule has 1 aromatic heterocycles. The number of ether oxygens (including phenoxy) is 1. The Bertz CT molecular complexity index is 1290. The zero-order valence-corrected chi connectivity index (χ0v) is 19.0. The number of benzene rings is 2. The molecule has 0 N–H and O–H groups in total. The Morgan fingerprint density at radius 3 is 2.80 bits per heavy atom. The lowest BCUT2D eigenvalue weighted by Crippen LogP contribution is -2.24. The number of aryl methyl sites for hydroxylation is 1. The number of hydrogen-bond acceptors (Lipinski definition) is 5. The summed E-state index contributed by atoms with van der Waals surface area (Å²) in [6, 6.07) is 10.3. The number of thiophene rings is 1. The highest BCUT2D eigenvalue weighted by Gasteiger charge is 2.26. The van der Waals surface area contributed by atoms with E-state index in [1.165, 1.54) is 21.2 Å². The molecule has 2 aliphatic heterocycles. The van der Waals surface area contributed by atoms with E-state index in [4.69, 9.17) is 26.4 Å². The van der Waals surface area contributed by atoms with Gasteiger partial charge in [0.15, 0.2) is 0 Å². The van der Waals surface area contributed by atoms with Gasteiger partial charge in [0.25, 0.3) is 0 Å². The molecule has 0 saturated carbocycles. The minimum Gasteiger partial charge on any atom is -0.482 e. The third kappa shape index (κ3) is 3.17. The molecule has 2 aliphatic rings. The molecule has 30 heavy (non-hydrogen) atoms. The maximum Gasteiger partial charge on any atom is 0.146 e. The standard InChI is InChI=1S/C24H22ClN3OS/c1-5-17-19-10-16(25)6-7-22(19)30-24(17)23-18-11-21-20(26-13(3)14(4)29-21)9-15(18)8-12(2)27-28-23/h6-7,9-11,14H,5,8H2,1-4H3. The average Bonchev–Trinajstić information content (AvgIpc) is 2.98. The van der Waals surface area contributed by atoms with E-state index in [0.717, 1.165) is 56.9 Å². The van der Waals surface area contributed by atoms with Gasteiger partial charge in [-0.2, -0.15) is 5.10 Å². The molecule has 0 bridgehead atoms. The second-order valence-corrected chi connectivity index (χ2v) is 9.34. The third-order valence-electron chi connectivity index (χ3n) is 5.72. The first kappa shape index (κ1) is 19.5. The van der Waals surface area contributed by atoms with E-state index in [2.05, 4.69) is 36.3 Å². The number of halogens is 1. The summed E-state index contributed by atoms with van der Waals surface area (Å²) < 4.78 is 7.37. The van der Waals surface area contributed by atoms with Gasteiger partial charge in [-0.15, -0.1) is 16.4 Å². The number of fused-ring (bicyclic) bond motifs is 3. The highest BCUT2D eigenvalue weighted by atomic mass is 35.5. The fraction of sp³-hybridized carbons (Fsp3) is 0.292. The maximum absolute atomic E-state index is 6.30. The molecule has 4 nitrogen and oxygen atoms in total. The fourth-order valence-electron chi connectivity index (χ4n) is 4.05. The summed E-state index contributed by atoms with van der Waals surface area (Å²) in [5.41, 5.74) is 7.28. The van der Waals surface area contributed by atoms with Crippen molar-refractivity contribution in [3.05, 3.63) is 56.9 Å². The van der Waals surface area contributed by atoms with E-state index in [9.17, 15) is 0 Å². The highest BCUT2D eigenvalue weighted by molar-refractivity contribution is 7.21. The van der Waals surface area contributed by atoms with Gasteiger partial charge in [0, 0.05) is 27.4 Å². The van der Waals surface area contributed by atoms with Crippen molar-refractivity contribution in [1.29, 1.82) is 0 Å². The summed E-state index contributed by atoms with van der Waals surface area (Å²) in [5, 5.41) is 11.2. The molecular formula is C24H22ClN3OS. The van der Waals surface area contributed by atoms with Gasteiger partial charge in [-0.05, 0) is 74.0 Å². The Kier molecular flexibility index (Phi) is 4.75. The van der Waals surface area contributed by atoms with Gasteiger partial charge in [-0.3, -0.25) is 4.99 Å². The van der Waals surface area contributed by atoms with Crippen LogP contribution in [0.25, 0.3) is 10.1 Å². The summed E-state index contributed by atoms with van der Waals surface area (Å²) in [5.74, 6) is 0.807. The van der Waals surface area contributed by atoms with Crippen molar-refractivity contribution < 1.29 is 4.74 Å². The van der Waals surface area contributed by atoms with Crippen LogP contribution in [0, 0.1) is 0 Å². The number of aliphatic imine (C=N–C) groups is 1. The smallest absolute Gasteiger partial charge is 0.146 e. The first-order valence-electron chi connectivity index (χ1n) is 10.2. The minimum atomic E-state index is -0.0302. The number of rotatable bonds is 2. The highest BCUT2D eigenvalue weighted by Crippen LogP contribution is 2.40. The van der Waals surface area contributed by atoms with E-state index >= 15 is 0 Å². The Morgan fingerprint density at radius 1 is 1.17 bits per heavy atom. The van der Waals surface area contributed by atoms with Crippen LogP contribution in [0.4, 0.5) is 5.69 Å². The first-order valence-corrected chi connectivity index (χ1v) is 11.4. The van der Waals surface area contributed by atoms with Crippen molar-refractivity contribution in [3.8, 4) is 5.75 Å². The van der Waals surface area contributed by atoms with E-state index in [1.807, 2.05) is 26.8 Å². The van der Waals surface area contributed by atoms with Gasteiger partial charge in [0.2, 0.25) is 0 Å². The molecule has 152 valence electrons. The van der Waals surface area contributed by atoms with Gasteiger partial charge in [0.05, 0.1) is 10.6 Å². The summed E-state index contributed by atoms with van der Waals surface area (Å²) in [6.45, 7) is 8.23. The van der Waals surface area contributed by atoms with Crippen LogP contribution in [0.1, 0.15) is 49.3 Å². The summed E-state index contributed by atoms with van der Waals surface area (Å²) in [6.07, 6.45) is 1.62. The molecule has 0 amide bonds. The lowest BCUT2D eigenvalue weighted by Gasteiger charge is -2.23. The summed E-state index contributed by atoms with van der Waals surface area (Å²) in [4.78, 5) is 5.92. The Morgan fingerprint density at radius 2 is 2.00 bits per heavy atom. The number of nitrogens with zero attached hydrogens (tertiary/aromatic N) is 3. The molecule has 0 saturated heterocycles. The second kappa shape index (κ2) is 7.33. The van der Waals surface area contributed by atoms with Crippen LogP contribution < -0.4 is 4.74 Å². The molecule has 1 unspecified atom stereocenters. The molecule has 1 atom stereocenters. The van der Waals surface area contributed by atoms with Gasteiger partial charge >= 0.3 is 0 Å². The van der Waals surface area contributed by atoms with Gasteiger partial charge in [-0.1, -0.05) is 18.5 Å². The number of hydrogen-bond donors (Lipinski definition) is 0. The first-order chi connectivity index (χ1) is 14.4. The van der Waals surface area contributed by atoms with Crippen LogP contribution in [-0.4, -0.2) is 23.2 Å². The molecule has 5 rings (SSSR count). The molecule has 6 heteroatoms. The van der Waals surface area contributed by atoms with E-state index in [0.29, 0.717) is 0 Å². The fourth-order valence-corrected chi connectivity index (χ4v) is 5.49. The quantitative estimate of drug-likeness (QED) is 0.438. The zero-order valence-electron chi connectivity index (χ0n) is 17.4. The van der Waals surface area contributed by atoms with Crippen LogP contribution in [0.5, 0.6) is 5.75 Å². The monoisotopic (exact) mass is 435 g/mol. The minimum absolute atomic E-state index is 0.0302. The Hall–Kier alpha value is -2.50. The summed E-state index contributed by atoms with van der Waals surface area (Å²) in [7, 11) is 0. The normalized spacial score (nSPS) is 18.0. The Balaban J connectivity index is 1.75. The second-order valence-electron chi connectivity index (χ2n) is 7.85. The van der Waals surface area contributed by atoms with E-state index < -0.39 is 0 Å². The van der Waals surface area contributed by atoms with Crippen molar-refractivity contribution in [2.45, 2.75) is 46.6 Å². The summed E-state index contributed by atoms with van der Waals surface area (Å²) >= 11 is 8.05. The average molecular weight is 436 g/mol. The van der Waals surface area contributed by atoms with Gasteiger partial charge in [0.1, 0.15) is 23.3 Å². The molecular weight excluding hydrogens is 414 g/mol. The van der Waals surface area contributed by atoms with Crippen molar-refractivity contribution in [2.75, 3.05) is 0 Å². The van der Waals surface area contributed by atoms with Crippen LogP contribution in [-0.2, 0) is 12.8 Å². The maximum atomic E-state index is 6.30. The molecule has 0 spiro atoms. The predicted octanol–water partition coefficient (Wildman–Crippen LogP) is 6.76. The topological polar surface area (TPSA) is 46.3 Å². The molecule has 2 aromatic carbocycles. The Labute approximate surface area is 185 Å². The van der Waals surface area contributed by atoms with E-state index in [1.54, 1.807) is 11.3 Å².